The summed E-state index contributed by atoms with van der Waals surface area (Å²) >= 11 is 0. The zero-order valence-electron chi connectivity index (χ0n) is 22.6. The van der Waals surface area contributed by atoms with Gasteiger partial charge in [0.1, 0.15) is 24.8 Å². The third-order valence-corrected chi connectivity index (χ3v) is 6.76. The van der Waals surface area contributed by atoms with Crippen LogP contribution in [0.2, 0.25) is 0 Å². The third kappa shape index (κ3) is 5.68. The Bertz CT molecular complexity index is 1540. The average Bonchev–Trinajstić information content (AvgIpc) is 3.41. The molecule has 0 spiro atoms. The van der Waals surface area contributed by atoms with Crippen LogP contribution < -0.4 is 5.32 Å². The number of amides is 1. The summed E-state index contributed by atoms with van der Waals surface area (Å²) in [6.45, 7) is 5.28. The molecule has 0 saturated heterocycles. The fraction of sp³-hybridized carbons (Fsp3) is 0.290. The summed E-state index contributed by atoms with van der Waals surface area (Å²) in [5.74, 6) is -1.83. The monoisotopic (exact) mass is 541 g/mol. The minimum Gasteiger partial charge on any atom is -0.480 e. The van der Waals surface area contributed by atoms with Crippen LogP contribution >= 0.6 is 0 Å². The number of aromatic nitrogens is 2. The lowest BCUT2D eigenvalue weighted by Crippen LogP contribution is -2.43. The molecule has 1 unspecified atom stereocenters. The Morgan fingerprint density at radius 1 is 0.950 bits per heavy atom. The molecule has 3 aromatic carbocycles. The third-order valence-electron chi connectivity index (χ3n) is 6.76. The van der Waals surface area contributed by atoms with Crippen molar-refractivity contribution in [3.8, 4) is 11.1 Å². The number of para-hydroxylation sites is 1. The number of carbonyl (C=O) groups excluding carboxylic acids is 2. The Morgan fingerprint density at radius 3 is 2.17 bits per heavy atom. The van der Waals surface area contributed by atoms with E-state index < -0.39 is 29.7 Å². The second kappa shape index (κ2) is 10.8. The van der Waals surface area contributed by atoms with Crippen LogP contribution in [0.5, 0.6) is 0 Å². The first-order valence-electron chi connectivity index (χ1n) is 13.1. The number of hydrogen-bond donors (Lipinski definition) is 2. The quantitative estimate of drug-likeness (QED) is 0.304. The lowest BCUT2D eigenvalue weighted by atomic mass is 9.98. The molecule has 1 aromatic heterocycles. The van der Waals surface area contributed by atoms with Gasteiger partial charge in [-0.15, -0.1) is 0 Å². The number of carbonyl (C=O) groups is 3. The van der Waals surface area contributed by atoms with Crippen molar-refractivity contribution in [3.63, 3.8) is 0 Å². The predicted molar refractivity (Wildman–Crippen MR) is 149 cm³/mol. The van der Waals surface area contributed by atoms with Crippen LogP contribution in [0.1, 0.15) is 43.5 Å². The molecular weight excluding hydrogens is 510 g/mol. The Kier molecular flexibility index (Phi) is 7.30. The SMILES string of the molecule is CC(C)(C)OC(=O)Cn1nc(CC(NC(=O)OCC2c3ccccc3-c3ccccc32)C(=O)O)c2ccccc21. The molecule has 1 amide bonds. The lowest BCUT2D eigenvalue weighted by molar-refractivity contribution is -0.155. The van der Waals surface area contributed by atoms with E-state index in [1.54, 1.807) is 39.0 Å². The summed E-state index contributed by atoms with van der Waals surface area (Å²) in [7, 11) is 0. The number of hydrogen-bond acceptors (Lipinski definition) is 6. The largest absolute Gasteiger partial charge is 0.480 e. The maximum Gasteiger partial charge on any atom is 0.407 e. The van der Waals surface area contributed by atoms with Crippen molar-refractivity contribution in [2.75, 3.05) is 6.61 Å². The smallest absolute Gasteiger partial charge is 0.407 e. The number of aliphatic carboxylic acids is 1. The number of nitrogens with one attached hydrogen (secondary N) is 1. The fourth-order valence-electron chi connectivity index (χ4n) is 5.14. The highest BCUT2D eigenvalue weighted by Crippen LogP contribution is 2.44. The van der Waals surface area contributed by atoms with E-state index in [-0.39, 0.29) is 25.5 Å². The summed E-state index contributed by atoms with van der Waals surface area (Å²) in [6.07, 6.45) is -0.923. The molecular formula is C31H31N3O6. The van der Waals surface area contributed by atoms with E-state index in [0.29, 0.717) is 16.6 Å². The molecule has 9 nitrogen and oxygen atoms in total. The Balaban J connectivity index is 1.29. The summed E-state index contributed by atoms with van der Waals surface area (Å²) in [6, 6.07) is 21.9. The number of carboxylic acid groups (broad SMARTS) is 1. The first-order chi connectivity index (χ1) is 19.1. The van der Waals surface area contributed by atoms with Crippen LogP contribution in [0.3, 0.4) is 0 Å². The standard InChI is InChI=1S/C31H31N3O6/c1-31(2,3)40-28(35)17-34-27-15-9-8-14-23(27)25(33-34)16-26(29(36)37)32-30(38)39-18-24-21-12-6-4-10-19(21)20-11-5-7-13-22(20)24/h4-15,24,26H,16-18H2,1-3H3,(H,32,38)(H,36,37). The minimum atomic E-state index is -1.29. The number of nitrogens with zero attached hydrogens (tertiary/aromatic N) is 2. The van der Waals surface area contributed by atoms with Gasteiger partial charge in [0.15, 0.2) is 0 Å². The van der Waals surface area contributed by atoms with E-state index in [4.69, 9.17) is 9.47 Å². The molecule has 1 heterocycles. The molecule has 4 aromatic rings. The molecule has 0 fully saturated rings. The number of rotatable bonds is 8. The highest BCUT2D eigenvalue weighted by Gasteiger charge is 2.30. The maximum absolute atomic E-state index is 12.8. The van der Waals surface area contributed by atoms with E-state index in [2.05, 4.69) is 10.4 Å². The Morgan fingerprint density at radius 2 is 1.55 bits per heavy atom. The summed E-state index contributed by atoms with van der Waals surface area (Å²) < 4.78 is 12.5. The molecule has 0 bridgehead atoms. The van der Waals surface area contributed by atoms with Crippen LogP contribution in [-0.2, 0) is 32.0 Å². The van der Waals surface area contributed by atoms with Crippen molar-refractivity contribution in [1.29, 1.82) is 0 Å². The van der Waals surface area contributed by atoms with Gasteiger partial charge in [-0.1, -0.05) is 66.7 Å². The molecule has 40 heavy (non-hydrogen) atoms. The minimum absolute atomic E-state index is 0.0691. The molecule has 0 aliphatic heterocycles. The van der Waals surface area contributed by atoms with Gasteiger partial charge in [-0.2, -0.15) is 5.10 Å². The van der Waals surface area contributed by atoms with Crippen LogP contribution in [0.15, 0.2) is 72.8 Å². The van der Waals surface area contributed by atoms with Crippen molar-refractivity contribution >= 4 is 28.9 Å². The maximum atomic E-state index is 12.8. The Hall–Kier alpha value is -4.66. The zero-order chi connectivity index (χ0) is 28.4. The van der Waals surface area contributed by atoms with Gasteiger partial charge in [0.05, 0.1) is 11.2 Å². The van der Waals surface area contributed by atoms with Crippen molar-refractivity contribution in [1.82, 2.24) is 15.1 Å². The second-order valence-electron chi connectivity index (χ2n) is 10.8. The summed E-state index contributed by atoms with van der Waals surface area (Å²) in [5, 5.41) is 17.6. The number of esters is 1. The number of carboxylic acids is 1. The number of benzene rings is 3. The van der Waals surface area contributed by atoms with E-state index >= 15 is 0 Å². The van der Waals surface area contributed by atoms with Gasteiger partial charge >= 0.3 is 18.0 Å². The van der Waals surface area contributed by atoms with Gasteiger partial charge < -0.3 is 19.9 Å². The van der Waals surface area contributed by atoms with Crippen molar-refractivity contribution in [2.24, 2.45) is 0 Å². The van der Waals surface area contributed by atoms with Gasteiger partial charge in [0, 0.05) is 17.7 Å². The zero-order valence-corrected chi connectivity index (χ0v) is 22.6. The van der Waals surface area contributed by atoms with Gasteiger partial charge in [-0.25, -0.2) is 9.59 Å². The molecule has 9 heteroatoms. The molecule has 1 aliphatic rings. The normalized spacial score (nSPS) is 13.4. The predicted octanol–water partition coefficient (Wildman–Crippen LogP) is 4.91. The van der Waals surface area contributed by atoms with Gasteiger partial charge in [-0.3, -0.25) is 9.48 Å². The van der Waals surface area contributed by atoms with Gasteiger partial charge in [0.25, 0.3) is 0 Å². The van der Waals surface area contributed by atoms with Gasteiger partial charge in [0.2, 0.25) is 0 Å². The van der Waals surface area contributed by atoms with Gasteiger partial charge in [-0.05, 0) is 49.1 Å². The second-order valence-corrected chi connectivity index (χ2v) is 10.8. The van der Waals surface area contributed by atoms with Crippen molar-refractivity contribution < 1.29 is 29.0 Å². The Labute approximate surface area is 231 Å². The molecule has 2 N–H and O–H groups in total. The summed E-state index contributed by atoms with van der Waals surface area (Å²) in [4.78, 5) is 37.4. The first kappa shape index (κ1) is 26.9. The van der Waals surface area contributed by atoms with E-state index in [9.17, 15) is 19.5 Å². The lowest BCUT2D eigenvalue weighted by Gasteiger charge is -2.19. The highest BCUT2D eigenvalue weighted by molar-refractivity contribution is 5.86. The van der Waals surface area contributed by atoms with Crippen LogP contribution in [-0.4, -0.2) is 51.2 Å². The summed E-state index contributed by atoms with van der Waals surface area (Å²) in [5.41, 5.74) is 4.78. The number of ether oxygens (including phenoxy) is 2. The molecule has 0 saturated carbocycles. The number of fused-ring (bicyclic) bond motifs is 4. The first-order valence-corrected chi connectivity index (χ1v) is 13.1. The molecule has 206 valence electrons. The van der Waals surface area contributed by atoms with Crippen LogP contribution in [0.4, 0.5) is 4.79 Å². The fourth-order valence-corrected chi connectivity index (χ4v) is 5.14. The molecule has 1 atom stereocenters. The van der Waals surface area contributed by atoms with Crippen molar-refractivity contribution in [2.45, 2.75) is 51.3 Å². The van der Waals surface area contributed by atoms with E-state index in [0.717, 1.165) is 22.3 Å². The van der Waals surface area contributed by atoms with Crippen LogP contribution in [0, 0.1) is 0 Å². The van der Waals surface area contributed by atoms with E-state index in [1.165, 1.54) is 4.68 Å². The number of alkyl carbamates (subject to hydrolysis) is 1. The molecule has 5 rings (SSSR count). The van der Waals surface area contributed by atoms with Crippen LogP contribution in [0.25, 0.3) is 22.0 Å². The van der Waals surface area contributed by atoms with E-state index in [1.807, 2.05) is 54.6 Å². The molecule has 0 radical (unpaired) electrons. The van der Waals surface area contributed by atoms with Crippen molar-refractivity contribution in [3.05, 3.63) is 89.6 Å². The topological polar surface area (TPSA) is 120 Å². The highest BCUT2D eigenvalue weighted by atomic mass is 16.6. The average molecular weight is 542 g/mol. The molecule has 1 aliphatic carbocycles.